The highest BCUT2D eigenvalue weighted by atomic mass is 16.3. The van der Waals surface area contributed by atoms with E-state index < -0.39 is 5.60 Å². The van der Waals surface area contributed by atoms with E-state index in [2.05, 4.69) is 0 Å². The van der Waals surface area contributed by atoms with Gasteiger partial charge in [0.15, 0.2) is 5.78 Å². The predicted octanol–water partition coefficient (Wildman–Crippen LogP) is 3.43. The van der Waals surface area contributed by atoms with Crippen LogP contribution < -0.4 is 0 Å². The molecule has 1 aliphatic rings. The minimum Gasteiger partial charge on any atom is -0.380 e. The number of ketones is 1. The molecule has 3 rings (SSSR count). The maximum absolute atomic E-state index is 12.5. The summed E-state index contributed by atoms with van der Waals surface area (Å²) < 4.78 is 0. The van der Waals surface area contributed by atoms with Crippen LogP contribution in [-0.4, -0.2) is 10.9 Å². The molecule has 0 radical (unpaired) electrons. The molecule has 20 heavy (non-hydrogen) atoms. The average Bonchev–Trinajstić information content (AvgIpc) is 2.51. The molecule has 1 aliphatic carbocycles. The summed E-state index contributed by atoms with van der Waals surface area (Å²) in [5, 5.41) is 11.2. The lowest BCUT2D eigenvalue weighted by molar-refractivity contribution is 0.0744. The minimum absolute atomic E-state index is 0.0126. The molecular formula is C18H16O2. The highest BCUT2D eigenvalue weighted by molar-refractivity contribution is 6.13. The zero-order valence-electron chi connectivity index (χ0n) is 11.3. The molecule has 0 fully saturated rings. The fourth-order valence-electron chi connectivity index (χ4n) is 2.88. The fraction of sp³-hybridized carbons (Fsp3) is 0.167. The smallest absolute Gasteiger partial charge is 0.193 e. The second kappa shape index (κ2) is 4.73. The summed E-state index contributed by atoms with van der Waals surface area (Å²) in [4.78, 5) is 12.5. The summed E-state index contributed by atoms with van der Waals surface area (Å²) >= 11 is 0. The van der Waals surface area contributed by atoms with E-state index in [-0.39, 0.29) is 5.78 Å². The molecule has 0 saturated heterocycles. The van der Waals surface area contributed by atoms with Crippen LogP contribution in [0.1, 0.15) is 40.4 Å². The van der Waals surface area contributed by atoms with Crippen LogP contribution in [0, 0.1) is 0 Å². The Kier molecular flexibility index (Phi) is 3.03. The van der Waals surface area contributed by atoms with Gasteiger partial charge in [0.1, 0.15) is 5.60 Å². The first kappa shape index (κ1) is 12.8. The van der Waals surface area contributed by atoms with Crippen molar-refractivity contribution in [1.82, 2.24) is 0 Å². The van der Waals surface area contributed by atoms with Crippen LogP contribution in [0.15, 0.2) is 60.7 Å². The van der Waals surface area contributed by atoms with E-state index in [9.17, 15) is 9.90 Å². The van der Waals surface area contributed by atoms with E-state index in [4.69, 9.17) is 0 Å². The van der Waals surface area contributed by atoms with Gasteiger partial charge in [0.05, 0.1) is 0 Å². The Morgan fingerprint density at radius 2 is 1.50 bits per heavy atom. The third-order valence-electron chi connectivity index (χ3n) is 3.88. The maximum atomic E-state index is 12.5. The number of hydrogen-bond acceptors (Lipinski definition) is 2. The highest BCUT2D eigenvalue weighted by Gasteiger charge is 2.40. The molecule has 0 aromatic heterocycles. The van der Waals surface area contributed by atoms with Crippen molar-refractivity contribution in [3.05, 3.63) is 82.9 Å². The summed E-state index contributed by atoms with van der Waals surface area (Å²) in [6, 6.07) is 14.6. The molecule has 2 nitrogen and oxygen atoms in total. The molecule has 2 aromatic rings. The van der Waals surface area contributed by atoms with Gasteiger partial charge in [0.25, 0.3) is 0 Å². The molecule has 2 heteroatoms. The molecule has 0 aliphatic heterocycles. The summed E-state index contributed by atoms with van der Waals surface area (Å²) in [7, 11) is 0. The molecule has 100 valence electrons. The Morgan fingerprint density at radius 3 is 2.00 bits per heavy atom. The molecule has 0 spiro atoms. The molecular weight excluding hydrogens is 248 g/mol. The fourth-order valence-corrected chi connectivity index (χ4v) is 2.88. The standard InChI is InChI=1S/C18H16O2/c1-2-3-12-18(20)15-10-6-4-8-13(15)17(19)14-9-5-7-11-16(14)18/h2-11,20H,12H2,1H3. The number of carbonyl (C=O) groups is 1. The van der Waals surface area contributed by atoms with Gasteiger partial charge >= 0.3 is 0 Å². The van der Waals surface area contributed by atoms with Crippen LogP contribution in [0.2, 0.25) is 0 Å². The van der Waals surface area contributed by atoms with Gasteiger partial charge < -0.3 is 5.11 Å². The van der Waals surface area contributed by atoms with Crippen molar-refractivity contribution in [3.8, 4) is 0 Å². The number of aliphatic hydroxyl groups is 1. The van der Waals surface area contributed by atoms with E-state index in [1.54, 1.807) is 12.1 Å². The SMILES string of the molecule is CC=CCC1(O)c2ccccc2C(=O)c2ccccc21. The summed E-state index contributed by atoms with van der Waals surface area (Å²) in [5.41, 5.74) is 1.45. The van der Waals surface area contributed by atoms with Crippen LogP contribution in [0.25, 0.3) is 0 Å². The zero-order valence-corrected chi connectivity index (χ0v) is 11.3. The highest BCUT2D eigenvalue weighted by Crippen LogP contribution is 2.42. The van der Waals surface area contributed by atoms with Gasteiger partial charge in [0, 0.05) is 17.5 Å². The summed E-state index contributed by atoms with van der Waals surface area (Å²) in [5.74, 6) is -0.0126. The van der Waals surface area contributed by atoms with Crippen molar-refractivity contribution in [1.29, 1.82) is 0 Å². The first-order valence-corrected chi connectivity index (χ1v) is 6.75. The summed E-state index contributed by atoms with van der Waals surface area (Å²) in [6.45, 7) is 1.93. The largest absolute Gasteiger partial charge is 0.380 e. The number of rotatable bonds is 2. The van der Waals surface area contributed by atoms with E-state index in [1.165, 1.54) is 0 Å². The van der Waals surface area contributed by atoms with Crippen LogP contribution in [0.3, 0.4) is 0 Å². The van der Waals surface area contributed by atoms with Gasteiger partial charge in [-0.05, 0) is 18.1 Å². The first-order chi connectivity index (χ1) is 9.68. The number of fused-ring (bicyclic) bond motifs is 2. The Labute approximate surface area is 118 Å². The van der Waals surface area contributed by atoms with E-state index >= 15 is 0 Å². The van der Waals surface area contributed by atoms with E-state index in [1.807, 2.05) is 55.5 Å². The first-order valence-electron chi connectivity index (χ1n) is 6.75. The van der Waals surface area contributed by atoms with Crippen molar-refractivity contribution in [2.45, 2.75) is 18.9 Å². The number of benzene rings is 2. The molecule has 1 N–H and O–H groups in total. The van der Waals surface area contributed by atoms with Crippen molar-refractivity contribution in [2.75, 3.05) is 0 Å². The Bertz CT molecular complexity index is 649. The van der Waals surface area contributed by atoms with E-state index in [0.29, 0.717) is 28.7 Å². The van der Waals surface area contributed by atoms with Crippen LogP contribution in [0.5, 0.6) is 0 Å². The maximum Gasteiger partial charge on any atom is 0.193 e. The Morgan fingerprint density at radius 1 is 1.00 bits per heavy atom. The van der Waals surface area contributed by atoms with Crippen LogP contribution >= 0.6 is 0 Å². The lowest BCUT2D eigenvalue weighted by Gasteiger charge is -2.35. The molecule has 0 bridgehead atoms. The predicted molar refractivity (Wildman–Crippen MR) is 78.7 cm³/mol. The van der Waals surface area contributed by atoms with Crippen molar-refractivity contribution in [3.63, 3.8) is 0 Å². The van der Waals surface area contributed by atoms with Crippen LogP contribution in [0.4, 0.5) is 0 Å². The molecule has 0 heterocycles. The minimum atomic E-state index is -1.13. The van der Waals surface area contributed by atoms with Gasteiger partial charge in [-0.15, -0.1) is 0 Å². The lowest BCUT2D eigenvalue weighted by atomic mass is 9.72. The quantitative estimate of drug-likeness (QED) is 0.844. The van der Waals surface area contributed by atoms with Gasteiger partial charge in [-0.25, -0.2) is 0 Å². The second-order valence-corrected chi connectivity index (χ2v) is 5.05. The molecule has 2 aromatic carbocycles. The zero-order chi connectivity index (χ0) is 14.2. The van der Waals surface area contributed by atoms with Gasteiger partial charge in [0.2, 0.25) is 0 Å². The van der Waals surface area contributed by atoms with Crippen molar-refractivity contribution in [2.24, 2.45) is 0 Å². The Balaban J connectivity index is 2.30. The number of hydrogen-bond donors (Lipinski definition) is 1. The normalized spacial score (nSPS) is 16.0. The van der Waals surface area contributed by atoms with Gasteiger partial charge in [-0.1, -0.05) is 60.7 Å². The number of carbonyl (C=O) groups excluding carboxylic acids is 1. The topological polar surface area (TPSA) is 37.3 Å². The van der Waals surface area contributed by atoms with Gasteiger partial charge in [-0.2, -0.15) is 0 Å². The molecule has 0 unspecified atom stereocenters. The van der Waals surface area contributed by atoms with Crippen LogP contribution in [-0.2, 0) is 5.60 Å². The van der Waals surface area contributed by atoms with Gasteiger partial charge in [-0.3, -0.25) is 4.79 Å². The third kappa shape index (κ3) is 1.73. The Hall–Kier alpha value is -2.19. The third-order valence-corrected chi connectivity index (χ3v) is 3.88. The van der Waals surface area contributed by atoms with Crippen molar-refractivity contribution >= 4 is 5.78 Å². The summed E-state index contributed by atoms with van der Waals surface area (Å²) in [6.07, 6.45) is 4.31. The van der Waals surface area contributed by atoms with E-state index in [0.717, 1.165) is 0 Å². The monoisotopic (exact) mass is 264 g/mol. The average molecular weight is 264 g/mol. The molecule has 0 saturated carbocycles. The lowest BCUT2D eigenvalue weighted by Crippen LogP contribution is -2.35. The molecule has 0 amide bonds. The van der Waals surface area contributed by atoms with Crippen molar-refractivity contribution < 1.29 is 9.90 Å². The number of allylic oxidation sites excluding steroid dienone is 1. The molecule has 0 atom stereocenters. The second-order valence-electron chi connectivity index (χ2n) is 5.05.